The van der Waals surface area contributed by atoms with Gasteiger partial charge >= 0.3 is 5.97 Å². The lowest BCUT2D eigenvalue weighted by Gasteiger charge is -2.15. The average Bonchev–Trinajstić information content (AvgIpc) is 3.19. The van der Waals surface area contributed by atoms with Crippen LogP contribution >= 0.6 is 0 Å². The molecule has 7 nitrogen and oxygen atoms in total. The third-order valence-corrected chi connectivity index (χ3v) is 4.28. The normalized spacial score (nSPS) is 12.8. The molecule has 2 aromatic carbocycles. The molecule has 0 aliphatic carbocycles. The van der Waals surface area contributed by atoms with Gasteiger partial charge in [-0.15, -0.1) is 10.2 Å². The molecule has 0 spiro atoms. The van der Waals surface area contributed by atoms with Crippen LogP contribution in [0, 0.1) is 6.92 Å². The fourth-order valence-corrected chi connectivity index (χ4v) is 2.71. The van der Waals surface area contributed by atoms with Crippen LogP contribution in [0.25, 0.3) is 11.5 Å². The lowest BCUT2D eigenvalue weighted by molar-refractivity contribution is -0.150. The van der Waals surface area contributed by atoms with Gasteiger partial charge in [0.2, 0.25) is 5.89 Å². The fourth-order valence-electron chi connectivity index (χ4n) is 2.71. The number of aryl methyl sites for hydroxylation is 1. The molecule has 0 aliphatic heterocycles. The second kappa shape index (κ2) is 9.14. The number of hydrogen-bond donors (Lipinski definition) is 1. The second-order valence-corrected chi connectivity index (χ2v) is 6.89. The molecule has 0 fully saturated rings. The van der Waals surface area contributed by atoms with Crippen molar-refractivity contribution >= 4 is 11.9 Å². The Bertz CT molecular complexity index is 967. The van der Waals surface area contributed by atoms with Crippen LogP contribution in [0.2, 0.25) is 0 Å². The van der Waals surface area contributed by atoms with Gasteiger partial charge in [-0.25, -0.2) is 0 Å². The Morgan fingerprint density at radius 3 is 2.41 bits per heavy atom. The zero-order chi connectivity index (χ0) is 20.8. The fraction of sp³-hybridized carbons (Fsp3) is 0.273. The highest BCUT2D eigenvalue weighted by Crippen LogP contribution is 2.23. The minimum absolute atomic E-state index is 0.0296. The highest BCUT2D eigenvalue weighted by molar-refractivity contribution is 5.94. The number of benzene rings is 2. The van der Waals surface area contributed by atoms with Crippen molar-refractivity contribution in [2.45, 2.75) is 39.3 Å². The first-order valence-corrected chi connectivity index (χ1v) is 9.38. The molecule has 150 valence electrons. The van der Waals surface area contributed by atoms with Crippen LogP contribution in [0.4, 0.5) is 0 Å². The molecule has 3 aromatic rings. The van der Waals surface area contributed by atoms with Crippen molar-refractivity contribution in [1.29, 1.82) is 0 Å². The molecule has 0 aliphatic rings. The summed E-state index contributed by atoms with van der Waals surface area (Å²) in [6.07, 6.45) is -0.659. The van der Waals surface area contributed by atoms with Crippen molar-refractivity contribution in [3.05, 3.63) is 71.6 Å². The number of nitrogens with zero attached hydrogens (tertiary/aromatic N) is 2. The molecule has 29 heavy (non-hydrogen) atoms. The number of hydrogen-bond acceptors (Lipinski definition) is 6. The SMILES string of the molecule is Cc1ccc(-c2nnc(C(C)OC(=O)CC(C)NC(=O)c3ccccc3)o2)cc1. The van der Waals surface area contributed by atoms with Crippen molar-refractivity contribution in [3.63, 3.8) is 0 Å². The number of nitrogens with one attached hydrogen (secondary N) is 1. The molecular weight excluding hydrogens is 370 g/mol. The van der Waals surface area contributed by atoms with E-state index in [-0.39, 0.29) is 24.3 Å². The van der Waals surface area contributed by atoms with Crippen LogP contribution in [-0.4, -0.2) is 28.1 Å². The minimum Gasteiger partial charge on any atom is -0.453 e. The molecule has 7 heteroatoms. The predicted molar refractivity (Wildman–Crippen MR) is 107 cm³/mol. The quantitative estimate of drug-likeness (QED) is 0.613. The van der Waals surface area contributed by atoms with E-state index in [1.807, 2.05) is 37.3 Å². The maximum absolute atomic E-state index is 12.2. The molecule has 1 amide bonds. The number of esters is 1. The number of carbonyl (C=O) groups is 2. The van der Waals surface area contributed by atoms with Gasteiger partial charge in [-0.1, -0.05) is 35.9 Å². The highest BCUT2D eigenvalue weighted by Gasteiger charge is 2.21. The van der Waals surface area contributed by atoms with E-state index in [4.69, 9.17) is 9.15 Å². The Labute approximate surface area is 169 Å². The monoisotopic (exact) mass is 393 g/mol. The van der Waals surface area contributed by atoms with Gasteiger partial charge in [0, 0.05) is 17.2 Å². The number of carbonyl (C=O) groups excluding carboxylic acids is 2. The van der Waals surface area contributed by atoms with E-state index < -0.39 is 12.1 Å². The standard InChI is InChI=1S/C22H23N3O4/c1-14-9-11-18(12-10-14)22-25-24-21(29-22)16(3)28-19(26)13-15(2)23-20(27)17-7-5-4-6-8-17/h4-12,15-16H,13H2,1-3H3,(H,23,27). The largest absolute Gasteiger partial charge is 0.453 e. The lowest BCUT2D eigenvalue weighted by atomic mass is 10.1. The molecule has 0 saturated carbocycles. The van der Waals surface area contributed by atoms with Crippen LogP contribution in [-0.2, 0) is 9.53 Å². The molecular formula is C22H23N3O4. The van der Waals surface area contributed by atoms with Gasteiger partial charge in [-0.2, -0.15) is 0 Å². The summed E-state index contributed by atoms with van der Waals surface area (Å²) in [6, 6.07) is 16.1. The van der Waals surface area contributed by atoms with E-state index in [0.29, 0.717) is 11.5 Å². The van der Waals surface area contributed by atoms with Gasteiger partial charge in [0.05, 0.1) is 6.42 Å². The van der Waals surface area contributed by atoms with Crippen molar-refractivity contribution in [1.82, 2.24) is 15.5 Å². The van der Waals surface area contributed by atoms with E-state index in [0.717, 1.165) is 11.1 Å². The summed E-state index contributed by atoms with van der Waals surface area (Å²) < 4.78 is 11.0. The summed E-state index contributed by atoms with van der Waals surface area (Å²) in [6.45, 7) is 5.40. The first-order chi connectivity index (χ1) is 13.9. The Kier molecular flexibility index (Phi) is 6.39. The molecule has 1 heterocycles. The van der Waals surface area contributed by atoms with E-state index in [9.17, 15) is 9.59 Å². The predicted octanol–water partition coefficient (Wildman–Crippen LogP) is 3.86. The van der Waals surface area contributed by atoms with Crippen molar-refractivity contribution in [2.75, 3.05) is 0 Å². The minimum atomic E-state index is -0.689. The molecule has 1 N–H and O–H groups in total. The first kappa shape index (κ1) is 20.3. The summed E-state index contributed by atoms with van der Waals surface area (Å²) >= 11 is 0. The van der Waals surface area contributed by atoms with Gasteiger partial charge in [-0.3, -0.25) is 9.59 Å². The average molecular weight is 393 g/mol. The van der Waals surface area contributed by atoms with Crippen molar-refractivity contribution in [3.8, 4) is 11.5 Å². The van der Waals surface area contributed by atoms with Gasteiger partial charge in [-0.05, 0) is 45.0 Å². The lowest BCUT2D eigenvalue weighted by Crippen LogP contribution is -2.34. The number of amides is 1. The van der Waals surface area contributed by atoms with Crippen LogP contribution in [0.5, 0.6) is 0 Å². The van der Waals surface area contributed by atoms with Gasteiger partial charge in [0.25, 0.3) is 11.8 Å². The van der Waals surface area contributed by atoms with Gasteiger partial charge < -0.3 is 14.5 Å². The topological polar surface area (TPSA) is 94.3 Å². The smallest absolute Gasteiger partial charge is 0.308 e. The first-order valence-electron chi connectivity index (χ1n) is 9.38. The van der Waals surface area contributed by atoms with Gasteiger partial charge in [0.15, 0.2) is 6.10 Å². The number of aromatic nitrogens is 2. The highest BCUT2D eigenvalue weighted by atomic mass is 16.6. The third kappa shape index (κ3) is 5.51. The summed E-state index contributed by atoms with van der Waals surface area (Å²) in [5, 5.41) is 10.8. The molecule has 2 unspecified atom stereocenters. The summed E-state index contributed by atoms with van der Waals surface area (Å²) in [4.78, 5) is 24.3. The van der Waals surface area contributed by atoms with E-state index in [1.54, 1.807) is 38.1 Å². The van der Waals surface area contributed by atoms with Crippen LogP contribution < -0.4 is 5.32 Å². The zero-order valence-corrected chi connectivity index (χ0v) is 16.6. The third-order valence-electron chi connectivity index (χ3n) is 4.28. The molecule has 0 bridgehead atoms. The summed E-state index contributed by atoms with van der Waals surface area (Å²) in [7, 11) is 0. The number of rotatable bonds is 7. The Morgan fingerprint density at radius 1 is 1.03 bits per heavy atom. The van der Waals surface area contributed by atoms with Crippen molar-refractivity contribution in [2.24, 2.45) is 0 Å². The van der Waals surface area contributed by atoms with Crippen molar-refractivity contribution < 1.29 is 18.7 Å². The number of ether oxygens (including phenoxy) is 1. The van der Waals surface area contributed by atoms with Crippen LogP contribution in [0.15, 0.2) is 59.0 Å². The Hall–Kier alpha value is -3.48. The maximum Gasteiger partial charge on any atom is 0.308 e. The Balaban J connectivity index is 1.52. The Morgan fingerprint density at radius 2 is 1.72 bits per heavy atom. The maximum atomic E-state index is 12.2. The molecule has 1 aromatic heterocycles. The zero-order valence-electron chi connectivity index (χ0n) is 16.6. The summed E-state index contributed by atoms with van der Waals surface area (Å²) in [5.74, 6) is -0.117. The summed E-state index contributed by atoms with van der Waals surface area (Å²) in [5.41, 5.74) is 2.46. The van der Waals surface area contributed by atoms with Gasteiger partial charge in [0.1, 0.15) is 0 Å². The second-order valence-electron chi connectivity index (χ2n) is 6.89. The van der Waals surface area contributed by atoms with E-state index >= 15 is 0 Å². The molecule has 2 atom stereocenters. The van der Waals surface area contributed by atoms with E-state index in [2.05, 4.69) is 15.5 Å². The van der Waals surface area contributed by atoms with Crippen LogP contribution in [0.3, 0.4) is 0 Å². The molecule has 0 radical (unpaired) electrons. The molecule has 0 saturated heterocycles. The van der Waals surface area contributed by atoms with E-state index in [1.165, 1.54) is 0 Å². The van der Waals surface area contributed by atoms with Crippen LogP contribution in [0.1, 0.15) is 48.2 Å². The molecule has 3 rings (SSSR count).